The molecule has 7 nitrogen and oxygen atoms in total. The van der Waals surface area contributed by atoms with Gasteiger partial charge in [0.2, 0.25) is 0 Å². The third kappa shape index (κ3) is 5.52. The normalized spacial score (nSPS) is 12.1. The summed E-state index contributed by atoms with van der Waals surface area (Å²) in [5, 5.41) is 14.0. The predicted molar refractivity (Wildman–Crippen MR) is 156 cm³/mol. The Labute approximate surface area is 232 Å². The number of aromatic nitrogens is 4. The highest BCUT2D eigenvalue weighted by molar-refractivity contribution is 9.10. The van der Waals surface area contributed by atoms with Crippen molar-refractivity contribution >= 4 is 66.1 Å². The van der Waals surface area contributed by atoms with Gasteiger partial charge in [-0.15, -0.1) is 10.2 Å². The fourth-order valence-corrected chi connectivity index (χ4v) is 4.79. The maximum Gasteiger partial charge on any atom is 0.265 e. The Hall–Kier alpha value is -3.30. The minimum absolute atomic E-state index is 0.121. The lowest BCUT2D eigenvalue weighted by atomic mass is 9.87. The quantitative estimate of drug-likeness (QED) is 0.158. The van der Waals surface area contributed by atoms with Gasteiger partial charge in [-0.05, 0) is 52.9 Å². The largest absolute Gasteiger partial charge is 0.488 e. The topological polar surface area (TPSA) is 77.2 Å². The third-order valence-corrected chi connectivity index (χ3v) is 7.10. The van der Waals surface area contributed by atoms with Gasteiger partial charge in [-0.3, -0.25) is 0 Å². The summed E-state index contributed by atoms with van der Waals surface area (Å²) in [4.78, 5) is 4.62. The third-order valence-electron chi connectivity index (χ3n) is 6.12. The van der Waals surface area contributed by atoms with E-state index in [0.29, 0.717) is 12.6 Å². The fourth-order valence-electron chi connectivity index (χ4n) is 4.05. The van der Waals surface area contributed by atoms with Gasteiger partial charge in [0.05, 0.1) is 11.7 Å². The van der Waals surface area contributed by atoms with Crippen LogP contribution in [0.1, 0.15) is 37.5 Å². The molecule has 0 bridgehead atoms. The van der Waals surface area contributed by atoms with E-state index in [1.165, 1.54) is 5.56 Å². The van der Waals surface area contributed by atoms with Crippen LogP contribution < -0.4 is 10.2 Å². The lowest BCUT2D eigenvalue weighted by molar-refractivity contribution is 0.305. The van der Waals surface area contributed by atoms with E-state index in [-0.39, 0.29) is 5.41 Å². The van der Waals surface area contributed by atoms with Gasteiger partial charge in [-0.25, -0.2) is 5.43 Å². The van der Waals surface area contributed by atoms with Crippen LogP contribution in [-0.2, 0) is 19.1 Å². The number of anilines is 1. The molecule has 37 heavy (non-hydrogen) atoms. The van der Waals surface area contributed by atoms with E-state index in [0.717, 1.165) is 47.9 Å². The van der Waals surface area contributed by atoms with Crippen LogP contribution in [-0.4, -0.2) is 26.0 Å². The molecule has 0 aliphatic heterocycles. The number of benzene rings is 3. The Balaban J connectivity index is 1.32. The van der Waals surface area contributed by atoms with Crippen LogP contribution in [0.2, 0.25) is 0 Å². The molecule has 0 spiro atoms. The highest BCUT2D eigenvalue weighted by Gasteiger charge is 2.14. The summed E-state index contributed by atoms with van der Waals surface area (Å²) in [6.45, 7) is 7.09. The van der Waals surface area contributed by atoms with Crippen molar-refractivity contribution < 1.29 is 4.74 Å². The van der Waals surface area contributed by atoms with E-state index >= 15 is 0 Å². The molecule has 9 heteroatoms. The molecule has 0 aliphatic rings. The van der Waals surface area contributed by atoms with Crippen molar-refractivity contribution in [2.24, 2.45) is 12.1 Å². The lowest BCUT2D eigenvalue weighted by Gasteiger charge is -2.19. The van der Waals surface area contributed by atoms with Crippen LogP contribution >= 0.6 is 31.9 Å². The Bertz CT molecular complexity index is 1620. The molecule has 0 unspecified atom stereocenters. The van der Waals surface area contributed by atoms with Crippen molar-refractivity contribution in [3.63, 3.8) is 0 Å². The first kappa shape index (κ1) is 25.4. The molecule has 5 aromatic rings. The van der Waals surface area contributed by atoms with E-state index < -0.39 is 0 Å². The first-order chi connectivity index (χ1) is 17.7. The summed E-state index contributed by atoms with van der Waals surface area (Å²) in [5.74, 6) is 1.03. The highest BCUT2D eigenvalue weighted by Crippen LogP contribution is 2.28. The maximum atomic E-state index is 6.13. The number of hydrogen-bond donors (Lipinski definition) is 1. The van der Waals surface area contributed by atoms with Crippen molar-refractivity contribution in [3.8, 4) is 5.75 Å². The van der Waals surface area contributed by atoms with Gasteiger partial charge in [0.25, 0.3) is 5.95 Å². The van der Waals surface area contributed by atoms with Gasteiger partial charge in [0, 0.05) is 26.9 Å². The first-order valence-corrected chi connectivity index (χ1v) is 13.4. The molecule has 0 aliphatic carbocycles. The minimum atomic E-state index is 0.121. The number of nitrogens with one attached hydrogen (secondary N) is 1. The standard InChI is InChI=1S/C28H26Br2N6O/c1-28(2,3)19-7-5-17(6-8-19)16-37-24-12-10-20(29)13-18(24)15-31-34-27-32-26-25(33-35-27)22-14-21(30)9-11-23(22)36(26)4/h5-15H,16H2,1-4H3,(H,32,34,35)/b31-15+. The van der Waals surface area contributed by atoms with E-state index in [2.05, 4.69) is 103 Å². The second-order valence-corrected chi connectivity index (χ2v) is 11.6. The van der Waals surface area contributed by atoms with Gasteiger partial charge in [0.15, 0.2) is 5.65 Å². The number of halogens is 2. The van der Waals surface area contributed by atoms with Crippen molar-refractivity contribution in [2.75, 3.05) is 5.43 Å². The molecule has 0 fully saturated rings. The van der Waals surface area contributed by atoms with Gasteiger partial charge < -0.3 is 9.30 Å². The number of fused-ring (bicyclic) bond motifs is 3. The van der Waals surface area contributed by atoms with Crippen LogP contribution in [0.3, 0.4) is 0 Å². The highest BCUT2D eigenvalue weighted by atomic mass is 79.9. The first-order valence-electron chi connectivity index (χ1n) is 11.8. The zero-order valence-corrected chi connectivity index (χ0v) is 24.1. The summed E-state index contributed by atoms with van der Waals surface area (Å²) >= 11 is 7.05. The van der Waals surface area contributed by atoms with E-state index in [9.17, 15) is 0 Å². The van der Waals surface area contributed by atoms with Crippen LogP contribution in [0, 0.1) is 0 Å². The lowest BCUT2D eigenvalue weighted by Crippen LogP contribution is -2.10. The van der Waals surface area contributed by atoms with Gasteiger partial charge in [-0.2, -0.15) is 10.1 Å². The molecule has 2 heterocycles. The number of aryl methyl sites for hydroxylation is 1. The molecule has 2 aromatic heterocycles. The SMILES string of the molecule is Cn1c2ccc(Br)cc2c2nnc(N/N=C/c3cc(Br)ccc3OCc3ccc(C(C)(C)C)cc3)nc21. The molecule has 3 aromatic carbocycles. The van der Waals surface area contributed by atoms with E-state index in [1.54, 1.807) is 6.21 Å². The summed E-state index contributed by atoms with van der Waals surface area (Å²) in [7, 11) is 1.96. The predicted octanol–water partition coefficient (Wildman–Crippen LogP) is 7.36. The second-order valence-electron chi connectivity index (χ2n) is 9.82. The summed E-state index contributed by atoms with van der Waals surface area (Å²) in [6, 6.07) is 20.4. The summed E-state index contributed by atoms with van der Waals surface area (Å²) in [5.41, 5.74) is 8.74. The second kappa shape index (κ2) is 10.2. The van der Waals surface area contributed by atoms with E-state index in [4.69, 9.17) is 4.74 Å². The van der Waals surface area contributed by atoms with Crippen LogP contribution in [0.4, 0.5) is 5.95 Å². The Kier molecular flexibility index (Phi) is 7.00. The maximum absolute atomic E-state index is 6.13. The van der Waals surface area contributed by atoms with Gasteiger partial charge >= 0.3 is 0 Å². The Morgan fingerprint density at radius 1 is 0.973 bits per heavy atom. The van der Waals surface area contributed by atoms with Gasteiger partial charge in [-0.1, -0.05) is 76.9 Å². The molecule has 0 radical (unpaired) electrons. The monoisotopic (exact) mass is 620 g/mol. The number of nitrogens with zero attached hydrogens (tertiary/aromatic N) is 5. The van der Waals surface area contributed by atoms with Crippen LogP contribution in [0.15, 0.2) is 74.7 Å². The number of rotatable bonds is 6. The molecule has 0 atom stereocenters. The summed E-state index contributed by atoms with van der Waals surface area (Å²) in [6.07, 6.45) is 1.69. The summed E-state index contributed by atoms with van der Waals surface area (Å²) < 4.78 is 10.0. The van der Waals surface area contributed by atoms with Crippen LogP contribution in [0.25, 0.3) is 22.1 Å². The van der Waals surface area contributed by atoms with Crippen LogP contribution in [0.5, 0.6) is 5.75 Å². The Morgan fingerprint density at radius 2 is 1.70 bits per heavy atom. The van der Waals surface area contributed by atoms with Crippen molar-refractivity contribution in [2.45, 2.75) is 32.8 Å². The molecule has 0 saturated heterocycles. The Morgan fingerprint density at radius 3 is 2.46 bits per heavy atom. The zero-order chi connectivity index (χ0) is 26.2. The molecular weight excluding hydrogens is 596 g/mol. The fraction of sp³-hybridized carbons (Fsp3) is 0.214. The van der Waals surface area contributed by atoms with Crippen molar-refractivity contribution in [3.05, 3.63) is 86.3 Å². The molecule has 0 saturated carbocycles. The number of ether oxygens (including phenoxy) is 1. The van der Waals surface area contributed by atoms with Gasteiger partial charge in [0.1, 0.15) is 17.9 Å². The molecular formula is C28H26Br2N6O. The zero-order valence-electron chi connectivity index (χ0n) is 21.0. The van der Waals surface area contributed by atoms with E-state index in [1.807, 2.05) is 48.0 Å². The molecule has 188 valence electrons. The average molecular weight is 622 g/mol. The number of hydrazone groups is 1. The molecule has 5 rings (SSSR count). The number of hydrogen-bond acceptors (Lipinski definition) is 6. The van der Waals surface area contributed by atoms with Crippen molar-refractivity contribution in [1.29, 1.82) is 0 Å². The molecule has 0 amide bonds. The molecule has 1 N–H and O–H groups in total. The average Bonchev–Trinajstić information content (AvgIpc) is 3.14. The smallest absolute Gasteiger partial charge is 0.265 e. The minimum Gasteiger partial charge on any atom is -0.488 e. The van der Waals surface area contributed by atoms with Crippen molar-refractivity contribution in [1.82, 2.24) is 19.7 Å².